The van der Waals surface area contributed by atoms with Crippen LogP contribution < -0.4 is 72.0 Å². The van der Waals surface area contributed by atoms with Gasteiger partial charge in [0.2, 0.25) is 29.5 Å². The molecule has 2 fully saturated rings. The molecule has 3 aromatic rings. The third-order valence-electron chi connectivity index (χ3n) is 16.4. The van der Waals surface area contributed by atoms with Crippen molar-refractivity contribution < 1.29 is 108 Å². The predicted molar refractivity (Wildman–Crippen MR) is 353 cm³/mol. The average Bonchev–Trinajstić information content (AvgIpc) is 0.957. The highest BCUT2D eigenvalue weighted by Gasteiger charge is 2.54. The summed E-state index contributed by atoms with van der Waals surface area (Å²) in [5.41, 5.74) is 39.3. The number of oxime groups is 1. The van der Waals surface area contributed by atoms with E-state index >= 15 is 4.79 Å². The van der Waals surface area contributed by atoms with E-state index in [1.807, 2.05) is 0 Å². The van der Waals surface area contributed by atoms with E-state index in [1.54, 1.807) is 5.38 Å². The molecule has 42 nitrogen and oxygen atoms in total. The number of aliphatic imine (C=N–C) groups is 1. The summed E-state index contributed by atoms with van der Waals surface area (Å²) in [6.07, 6.45) is -23.7. The molecule has 8 amide bonds. The van der Waals surface area contributed by atoms with Gasteiger partial charge in [-0.3, -0.25) is 38.6 Å². The van der Waals surface area contributed by atoms with Crippen molar-refractivity contribution in [2.75, 3.05) is 50.9 Å². The van der Waals surface area contributed by atoms with Crippen LogP contribution in [0.1, 0.15) is 114 Å². The van der Waals surface area contributed by atoms with E-state index in [0.29, 0.717) is 35.2 Å². The lowest BCUT2D eigenvalue weighted by Gasteiger charge is -2.47. The maximum atomic E-state index is 15.2. The lowest BCUT2D eigenvalue weighted by atomic mass is 9.96. The zero-order valence-electron chi connectivity index (χ0n) is 55.2. The fraction of sp³-hybridized carbons (Fsp3) is 0.649. The number of aromatic amines is 1. The molecule has 0 radical (unpaired) electrons. The number of aromatic nitrogens is 5. The lowest BCUT2D eigenvalue weighted by molar-refractivity contribution is -0.372. The Morgan fingerprint density at radius 1 is 0.832 bits per heavy atom. The summed E-state index contributed by atoms with van der Waals surface area (Å²) in [7, 11) is 0. The number of H-pyrrole nitrogens is 1. The number of rotatable bonds is 38. The third-order valence-corrected chi connectivity index (χ3v) is 18.4. The van der Waals surface area contributed by atoms with E-state index in [2.05, 4.69) is 62.0 Å². The second kappa shape index (κ2) is 38.4. The number of carbonyl (C=O) groups excluding carboxylic acids is 8. The van der Waals surface area contributed by atoms with Crippen LogP contribution in [0.5, 0.6) is 0 Å². The Bertz CT molecular complexity index is 3360. The maximum absolute atomic E-state index is 15.2. The minimum Gasteiger partial charge on any atom is -0.441 e. The number of aliphatic hydroxyl groups excluding tert-OH is 8. The standard InChI is InChI=1S/C57H90N20O22S2/c1-20-35(73-48(76-46(20)62)27(11-33(61)81)67-13-26(60)47(63)87)52(91)75-37(43(28-14-65-19-69-28)97-56-45(41(85)39(83)31(15-78)96-56)98-55-42(86)44(99-57(64)93)40(84)32(16-79)95-55)53(92)70-22(3)38(82)21(2)49(88)74-36(23(4)80)51(90)66-9-7-34-71-30(18-100-34)54-72-29(17-101-54)50(89)68-12-25(77-94)10-24(59)6-5-8-58/h14,17,19,21-24,26-27,30-32,36-45,55-56,67,78-80,82-86,94H,5-13,15-16,18,58-60H2,1-4H3,(H2,61,81)(H2,63,87)(H2,64,93)(H,65,69)(H,66,90)(H,68,89)(H,70,92)(H,74,88)(H,75,91)(H2,62,73,76). The number of hydrogen-bond acceptors (Lipinski definition) is 35. The van der Waals surface area contributed by atoms with Gasteiger partial charge in [-0.2, -0.15) is 0 Å². The Morgan fingerprint density at radius 3 is 2.15 bits per heavy atom. The van der Waals surface area contributed by atoms with E-state index < -0.39 is 195 Å². The summed E-state index contributed by atoms with van der Waals surface area (Å²) in [6.45, 7) is 2.97. The molecule has 562 valence electrons. The molecule has 0 aromatic carbocycles. The number of ether oxygens (including phenoxy) is 5. The first-order valence-electron chi connectivity index (χ1n) is 31.7. The van der Waals surface area contributed by atoms with Gasteiger partial charge in [-0.1, -0.05) is 12.1 Å². The Labute approximate surface area is 584 Å². The number of primary amides is 3. The van der Waals surface area contributed by atoms with E-state index in [1.165, 1.54) is 50.8 Å². The summed E-state index contributed by atoms with van der Waals surface area (Å²) < 4.78 is 28.7. The van der Waals surface area contributed by atoms with Gasteiger partial charge in [0.15, 0.2) is 18.7 Å². The highest BCUT2D eigenvalue weighted by Crippen LogP contribution is 2.36. The number of thioether (sulfide) groups is 1. The summed E-state index contributed by atoms with van der Waals surface area (Å²) in [5, 5.41) is 119. The number of anilines is 1. The van der Waals surface area contributed by atoms with Gasteiger partial charge >= 0.3 is 6.09 Å². The zero-order chi connectivity index (χ0) is 74.7. The number of hydrogen-bond donors (Lipinski definition) is 23. The van der Waals surface area contributed by atoms with Gasteiger partial charge in [-0.05, 0) is 40.2 Å². The molecule has 2 saturated heterocycles. The number of aliphatic hydroxyl groups is 8. The molecule has 0 saturated carbocycles. The van der Waals surface area contributed by atoms with E-state index in [-0.39, 0.29) is 72.8 Å². The van der Waals surface area contributed by atoms with E-state index in [0.717, 1.165) is 12.5 Å². The maximum Gasteiger partial charge on any atom is 0.404 e. The minimum absolute atomic E-state index is 0.0196. The number of imidazole rings is 1. The van der Waals surface area contributed by atoms with Gasteiger partial charge in [0, 0.05) is 55.1 Å². The number of thiazole rings is 1. The molecule has 6 rings (SSSR count). The van der Waals surface area contributed by atoms with Gasteiger partial charge in [-0.25, -0.2) is 24.7 Å². The topological polar surface area (TPSA) is 711 Å². The van der Waals surface area contributed by atoms with Crippen molar-refractivity contribution >= 4 is 87.1 Å². The summed E-state index contributed by atoms with van der Waals surface area (Å²) in [5.74, 6) is -8.52. The van der Waals surface area contributed by atoms with Crippen molar-refractivity contribution in [3.05, 3.63) is 51.4 Å². The number of nitrogens with zero attached hydrogens (tertiary/aromatic N) is 6. The molecule has 6 heterocycles. The molecule has 21 atom stereocenters. The van der Waals surface area contributed by atoms with Gasteiger partial charge in [0.1, 0.15) is 95.0 Å². The fourth-order valence-electron chi connectivity index (χ4n) is 10.6. The van der Waals surface area contributed by atoms with Crippen LogP contribution in [-0.4, -0.2) is 278 Å². The fourth-order valence-corrected chi connectivity index (χ4v) is 12.5. The summed E-state index contributed by atoms with van der Waals surface area (Å²) in [6, 6.07) is -8.65. The van der Waals surface area contributed by atoms with E-state index in [4.69, 9.17) is 68.8 Å². The van der Waals surface area contributed by atoms with Crippen LogP contribution in [0.3, 0.4) is 0 Å². The Morgan fingerprint density at radius 2 is 1.52 bits per heavy atom. The Balaban J connectivity index is 1.23. The Hall–Kier alpha value is -7.87. The van der Waals surface area contributed by atoms with Gasteiger partial charge in [0.05, 0.1) is 85.0 Å². The van der Waals surface area contributed by atoms with Crippen LogP contribution in [0.15, 0.2) is 28.1 Å². The quantitative estimate of drug-likeness (QED) is 0.0144. The van der Waals surface area contributed by atoms with Gasteiger partial charge < -0.3 is 147 Å². The van der Waals surface area contributed by atoms with Crippen molar-refractivity contribution in [2.24, 2.45) is 50.5 Å². The van der Waals surface area contributed by atoms with Crippen LogP contribution >= 0.6 is 23.1 Å². The zero-order valence-corrected chi connectivity index (χ0v) is 56.8. The monoisotopic (exact) mass is 1470 g/mol. The molecule has 3 aromatic heterocycles. The number of nitrogens with one attached hydrogen (secondary N) is 7. The predicted octanol–water partition coefficient (Wildman–Crippen LogP) is -8.77. The summed E-state index contributed by atoms with van der Waals surface area (Å²) >= 11 is 2.60. The first kappa shape index (κ1) is 82.1. The SMILES string of the molecule is Cc1c(N)nc(C(CC(N)=O)NCC(N)C(N)=O)nc1C(=O)NC(C(=O)NC(C)C(O)C(C)C(=O)NC(C(=O)NCCC1=NC(c2nc(C(=O)NCC(CC(N)CCCN)=NO)cs2)CS1)C(C)O)C(OC1OC(CO)C(O)C(O)C1OC1OC(CO)C(O)C(OC(N)=O)C1O)c1cnc[nH]1. The van der Waals surface area contributed by atoms with Crippen molar-refractivity contribution in [1.82, 2.24) is 56.8 Å². The first-order chi connectivity index (χ1) is 47.8. The second-order valence-corrected chi connectivity index (χ2v) is 26.0. The molecule has 0 aliphatic carbocycles. The molecule has 30 N–H and O–H groups in total. The van der Waals surface area contributed by atoms with E-state index in [9.17, 15) is 79.6 Å². The highest BCUT2D eigenvalue weighted by molar-refractivity contribution is 8.14. The number of nitrogen functional groups attached to an aromatic ring is 1. The lowest BCUT2D eigenvalue weighted by Crippen LogP contribution is -2.65. The van der Waals surface area contributed by atoms with Crippen molar-refractivity contribution in [1.29, 1.82) is 0 Å². The normalized spacial score (nSPS) is 25.3. The van der Waals surface area contributed by atoms with Crippen molar-refractivity contribution in [3.8, 4) is 0 Å². The second-order valence-electron chi connectivity index (χ2n) is 24.0. The first-order valence-corrected chi connectivity index (χ1v) is 33.5. The third kappa shape index (κ3) is 22.3. The number of carbonyl (C=O) groups is 8. The van der Waals surface area contributed by atoms with Crippen LogP contribution in [0.4, 0.5) is 10.6 Å². The Kier molecular flexibility index (Phi) is 31.2. The highest BCUT2D eigenvalue weighted by atomic mass is 32.2. The summed E-state index contributed by atoms with van der Waals surface area (Å²) in [4.78, 5) is 131. The molecule has 21 unspecified atom stereocenters. The molecular weight excluding hydrogens is 1380 g/mol. The minimum atomic E-state index is -2.21. The molecule has 3 aliphatic heterocycles. The van der Waals surface area contributed by atoms with Gasteiger partial charge in [-0.15, -0.1) is 23.1 Å². The van der Waals surface area contributed by atoms with Gasteiger partial charge in [0.25, 0.3) is 11.8 Å². The largest absolute Gasteiger partial charge is 0.441 e. The van der Waals surface area contributed by atoms with Crippen molar-refractivity contribution in [2.45, 2.75) is 182 Å². The molecular formula is C57H90N20O22S2. The smallest absolute Gasteiger partial charge is 0.404 e. The average molecular weight is 1470 g/mol. The molecule has 101 heavy (non-hydrogen) atoms. The molecule has 0 bridgehead atoms. The molecule has 44 heteroatoms. The number of nitrogens with two attached hydrogens (primary N) is 7. The molecule has 0 spiro atoms. The van der Waals surface area contributed by atoms with Crippen LogP contribution in [0.25, 0.3) is 0 Å². The van der Waals surface area contributed by atoms with Crippen LogP contribution in [0, 0.1) is 12.8 Å². The molecule has 3 aliphatic rings. The number of amides is 8. The van der Waals surface area contributed by atoms with Crippen LogP contribution in [-0.2, 0) is 47.7 Å². The van der Waals surface area contributed by atoms with Crippen molar-refractivity contribution in [3.63, 3.8) is 0 Å². The van der Waals surface area contributed by atoms with Crippen LogP contribution in [0.2, 0.25) is 0 Å².